The van der Waals surface area contributed by atoms with Gasteiger partial charge in [0.1, 0.15) is 6.54 Å². The van der Waals surface area contributed by atoms with Gasteiger partial charge in [0.25, 0.3) is 0 Å². The topological polar surface area (TPSA) is 26.5 Å². The second-order valence-corrected chi connectivity index (χ2v) is 6.86. The Morgan fingerprint density at radius 1 is 0.731 bits per heavy atom. The van der Waals surface area contributed by atoms with Crippen molar-refractivity contribution in [3.8, 4) is 0 Å². The monoisotopic (exact) mass is 343 g/mol. The maximum atomic E-state index is 4.98. The maximum Gasteiger partial charge on any atom is 0.113 e. The van der Waals surface area contributed by atoms with E-state index in [-0.39, 0.29) is 0 Å². The van der Waals surface area contributed by atoms with Crippen molar-refractivity contribution in [3.05, 3.63) is 113 Å². The van der Waals surface area contributed by atoms with Crippen molar-refractivity contribution in [2.24, 2.45) is 4.99 Å². The smallest absolute Gasteiger partial charge is 0.113 e. The lowest BCUT2D eigenvalue weighted by molar-refractivity contribution is -0.862. The normalized spacial score (nSPS) is 12.0. The standard InChI is InChI=1S/C23H25N3/c1-26(2,19-21-14-8-4-9-15-21)25-23(22-16-10-5-11-17-22)24-18-20-12-6-3-7-13-20/h3-17H,18-19H2,1-2H3. The highest BCUT2D eigenvalue weighted by Gasteiger charge is 2.14. The highest BCUT2D eigenvalue weighted by Crippen LogP contribution is 2.19. The van der Waals surface area contributed by atoms with Crippen molar-refractivity contribution in [1.29, 1.82) is 0 Å². The lowest BCUT2D eigenvalue weighted by atomic mass is 10.2. The minimum atomic E-state index is 0.493. The van der Waals surface area contributed by atoms with E-state index in [9.17, 15) is 0 Å². The van der Waals surface area contributed by atoms with Crippen LogP contribution in [0.3, 0.4) is 0 Å². The van der Waals surface area contributed by atoms with Gasteiger partial charge >= 0.3 is 0 Å². The van der Waals surface area contributed by atoms with Crippen LogP contribution in [0.2, 0.25) is 0 Å². The van der Waals surface area contributed by atoms with Crippen LogP contribution in [0.5, 0.6) is 0 Å². The summed E-state index contributed by atoms with van der Waals surface area (Å²) in [6, 6.07) is 30.9. The molecule has 3 rings (SSSR count). The third-order valence-electron chi connectivity index (χ3n) is 4.06. The van der Waals surface area contributed by atoms with Crippen LogP contribution in [0.4, 0.5) is 0 Å². The molecule has 0 aliphatic heterocycles. The third-order valence-corrected chi connectivity index (χ3v) is 4.06. The quantitative estimate of drug-likeness (QED) is 0.255. The van der Waals surface area contributed by atoms with Gasteiger partial charge in [-0.25, -0.2) is 0 Å². The predicted octanol–water partition coefficient (Wildman–Crippen LogP) is 5.20. The van der Waals surface area contributed by atoms with E-state index in [1.54, 1.807) is 0 Å². The summed E-state index contributed by atoms with van der Waals surface area (Å²) < 4.78 is 0.493. The third kappa shape index (κ3) is 5.30. The highest BCUT2D eigenvalue weighted by molar-refractivity contribution is 6.06. The zero-order valence-corrected chi connectivity index (χ0v) is 15.4. The van der Waals surface area contributed by atoms with Crippen LogP contribution in [0, 0.1) is 0 Å². The summed E-state index contributed by atoms with van der Waals surface area (Å²) in [7, 11) is 4.21. The molecule has 3 nitrogen and oxygen atoms in total. The Labute approximate surface area is 156 Å². The van der Waals surface area contributed by atoms with E-state index >= 15 is 0 Å². The van der Waals surface area contributed by atoms with Gasteiger partial charge in [0, 0.05) is 5.56 Å². The Balaban J connectivity index is 1.81. The highest BCUT2D eigenvalue weighted by atomic mass is 15.6. The number of amidine groups is 1. The van der Waals surface area contributed by atoms with Gasteiger partial charge < -0.3 is 4.99 Å². The average molecular weight is 343 g/mol. The molecule has 132 valence electrons. The van der Waals surface area contributed by atoms with Gasteiger partial charge in [-0.2, -0.15) is 0 Å². The fraction of sp³-hybridized carbons (Fsp3) is 0.174. The molecular formula is C23H25N3. The molecule has 3 aromatic carbocycles. The van der Waals surface area contributed by atoms with Crippen molar-refractivity contribution in [2.75, 3.05) is 14.1 Å². The minimum Gasteiger partial charge on any atom is -0.457 e. The number of hydrogen-bond donors (Lipinski definition) is 0. The van der Waals surface area contributed by atoms with Crippen LogP contribution in [0.25, 0.3) is 5.43 Å². The van der Waals surface area contributed by atoms with Gasteiger partial charge in [-0.3, -0.25) is 10.0 Å². The summed E-state index contributed by atoms with van der Waals surface area (Å²) in [5.74, 6) is 0.787. The number of rotatable bonds is 6. The Morgan fingerprint density at radius 2 is 1.23 bits per heavy atom. The van der Waals surface area contributed by atoms with Gasteiger partial charge in [-0.15, -0.1) is 0 Å². The Kier molecular flexibility index (Phi) is 5.82. The second kappa shape index (κ2) is 8.45. The molecule has 0 unspecified atom stereocenters. The van der Waals surface area contributed by atoms with Crippen molar-refractivity contribution in [2.45, 2.75) is 13.1 Å². The first-order chi connectivity index (χ1) is 12.6. The number of hydrogen-bond acceptors (Lipinski definition) is 1. The van der Waals surface area contributed by atoms with Crippen molar-refractivity contribution in [1.82, 2.24) is 0 Å². The SMILES string of the molecule is C[N+](C)(Cc1ccccc1)[N-]C(=NCc1ccccc1)c1ccccc1. The first kappa shape index (κ1) is 17.9. The first-order valence-electron chi connectivity index (χ1n) is 8.86. The molecule has 0 saturated heterocycles. The second-order valence-electron chi connectivity index (χ2n) is 6.86. The summed E-state index contributed by atoms with van der Waals surface area (Å²) in [5.41, 5.74) is 8.47. The average Bonchev–Trinajstić information content (AvgIpc) is 2.67. The summed E-state index contributed by atoms with van der Waals surface area (Å²) in [5, 5.41) is 0. The van der Waals surface area contributed by atoms with Crippen molar-refractivity contribution >= 4 is 5.84 Å². The molecule has 0 aliphatic carbocycles. The van der Waals surface area contributed by atoms with E-state index in [0.717, 1.165) is 17.9 Å². The minimum absolute atomic E-state index is 0.493. The molecule has 0 radical (unpaired) electrons. The van der Waals surface area contributed by atoms with Crippen LogP contribution >= 0.6 is 0 Å². The number of nitrogens with zero attached hydrogens (tertiary/aromatic N) is 3. The van der Waals surface area contributed by atoms with Crippen LogP contribution in [-0.2, 0) is 13.1 Å². The first-order valence-corrected chi connectivity index (χ1v) is 8.86. The van der Waals surface area contributed by atoms with Gasteiger partial charge in [0.05, 0.1) is 14.1 Å². The van der Waals surface area contributed by atoms with E-state index in [1.807, 2.05) is 42.5 Å². The maximum absolute atomic E-state index is 4.98. The van der Waals surface area contributed by atoms with E-state index in [1.165, 1.54) is 11.1 Å². The van der Waals surface area contributed by atoms with E-state index in [0.29, 0.717) is 11.1 Å². The molecule has 0 N–H and O–H groups in total. The lowest BCUT2D eigenvalue weighted by Crippen LogP contribution is -2.36. The molecule has 0 atom stereocenters. The van der Waals surface area contributed by atoms with E-state index in [4.69, 9.17) is 10.4 Å². The molecule has 0 saturated carbocycles. The molecule has 0 aromatic heterocycles. The molecule has 0 fully saturated rings. The fourth-order valence-electron chi connectivity index (χ4n) is 2.84. The summed E-state index contributed by atoms with van der Waals surface area (Å²) >= 11 is 0. The molecule has 0 spiro atoms. The predicted molar refractivity (Wildman–Crippen MR) is 109 cm³/mol. The van der Waals surface area contributed by atoms with Gasteiger partial charge in [0.2, 0.25) is 0 Å². The van der Waals surface area contributed by atoms with Crippen molar-refractivity contribution < 1.29 is 4.59 Å². The van der Waals surface area contributed by atoms with Gasteiger partial charge in [0.15, 0.2) is 0 Å². The lowest BCUT2D eigenvalue weighted by Gasteiger charge is -2.36. The molecular weight excluding hydrogens is 318 g/mol. The van der Waals surface area contributed by atoms with Crippen molar-refractivity contribution in [3.63, 3.8) is 0 Å². The molecule has 3 aromatic rings. The van der Waals surface area contributed by atoms with Crippen LogP contribution in [-0.4, -0.2) is 24.5 Å². The van der Waals surface area contributed by atoms with Gasteiger partial charge in [-0.1, -0.05) is 91.0 Å². The van der Waals surface area contributed by atoms with Crippen LogP contribution in [0.1, 0.15) is 16.7 Å². The van der Waals surface area contributed by atoms with E-state index in [2.05, 4.69) is 62.6 Å². The molecule has 0 amide bonds. The summed E-state index contributed by atoms with van der Waals surface area (Å²) in [6.45, 7) is 1.44. The van der Waals surface area contributed by atoms with Crippen LogP contribution in [0.15, 0.2) is 96.0 Å². The molecule has 26 heavy (non-hydrogen) atoms. The molecule has 0 bridgehead atoms. The number of quaternary nitrogens is 1. The Hall–Kier alpha value is -2.91. The van der Waals surface area contributed by atoms with E-state index < -0.39 is 0 Å². The Morgan fingerprint density at radius 3 is 1.81 bits per heavy atom. The zero-order valence-electron chi connectivity index (χ0n) is 15.4. The van der Waals surface area contributed by atoms with Gasteiger partial charge in [-0.05, 0) is 23.5 Å². The summed E-state index contributed by atoms with van der Waals surface area (Å²) in [6.07, 6.45) is 0. The fourth-order valence-corrected chi connectivity index (χ4v) is 2.84. The molecule has 3 heteroatoms. The molecule has 0 aliphatic rings. The largest absolute Gasteiger partial charge is 0.457 e. The molecule has 0 heterocycles. The number of aliphatic imine (C=N–C) groups is 1. The van der Waals surface area contributed by atoms with Crippen LogP contribution < -0.4 is 0 Å². The summed E-state index contributed by atoms with van der Waals surface area (Å²) in [4.78, 5) is 4.83. The number of benzene rings is 3. The zero-order chi connectivity index (χ0) is 18.2. The Bertz CT molecular complexity index is 825.